The van der Waals surface area contributed by atoms with Gasteiger partial charge in [0.15, 0.2) is 0 Å². The van der Waals surface area contributed by atoms with Gasteiger partial charge in [-0.15, -0.1) is 0 Å². The molecule has 0 saturated carbocycles. The second-order valence-corrected chi connectivity index (χ2v) is 8.03. The van der Waals surface area contributed by atoms with Crippen molar-refractivity contribution in [1.82, 2.24) is 4.57 Å². The number of esters is 1. The average molecular weight is 515 g/mol. The number of amides is 1. The summed E-state index contributed by atoms with van der Waals surface area (Å²) in [5, 5.41) is 3.46. The number of carbonyl (C=O) groups excluding carboxylic acids is 2. The molecule has 3 rings (SSSR count). The van der Waals surface area contributed by atoms with Crippen molar-refractivity contribution in [2.24, 2.45) is 0 Å². The van der Waals surface area contributed by atoms with Crippen molar-refractivity contribution >= 4 is 69.8 Å². The quantitative estimate of drug-likeness (QED) is 0.440. The number of nitrogens with one attached hydrogen (secondary N) is 1. The van der Waals surface area contributed by atoms with Gasteiger partial charge >= 0.3 is 5.97 Å². The van der Waals surface area contributed by atoms with Gasteiger partial charge in [0.1, 0.15) is 16.9 Å². The molecule has 0 aliphatic carbocycles. The van der Waals surface area contributed by atoms with E-state index in [1.807, 2.05) is 0 Å². The summed E-state index contributed by atoms with van der Waals surface area (Å²) < 4.78 is 6.00. The Balaban J connectivity index is 2.18. The van der Waals surface area contributed by atoms with E-state index in [2.05, 4.69) is 5.32 Å². The van der Waals surface area contributed by atoms with Crippen LogP contribution in [0.5, 0.6) is 0 Å². The zero-order valence-corrected chi connectivity index (χ0v) is 19.4. The van der Waals surface area contributed by atoms with Crippen molar-refractivity contribution in [2.45, 2.75) is 6.92 Å². The van der Waals surface area contributed by atoms with Crippen LogP contribution in [0.15, 0.2) is 47.3 Å². The second kappa shape index (κ2) is 9.83. The molecule has 0 saturated heterocycles. The van der Waals surface area contributed by atoms with Crippen LogP contribution in [0.3, 0.4) is 0 Å². The predicted octanol–water partition coefficient (Wildman–Crippen LogP) is 5.46. The van der Waals surface area contributed by atoms with E-state index in [0.29, 0.717) is 10.7 Å². The largest absolute Gasteiger partial charge is 0.462 e. The number of carbonyl (C=O) groups is 2. The van der Waals surface area contributed by atoms with Crippen LogP contribution in [0, 0.1) is 0 Å². The molecule has 0 aliphatic rings. The zero-order chi connectivity index (χ0) is 23.6. The lowest BCUT2D eigenvalue weighted by atomic mass is 10.1. The van der Waals surface area contributed by atoms with Crippen LogP contribution in [-0.2, 0) is 4.74 Å². The van der Waals surface area contributed by atoms with Gasteiger partial charge in [-0.1, -0.05) is 46.4 Å². The highest BCUT2D eigenvalue weighted by atomic mass is 35.5. The molecule has 3 N–H and O–H groups in total. The van der Waals surface area contributed by atoms with Crippen LogP contribution >= 0.6 is 46.4 Å². The number of pyridine rings is 1. The number of nitrogens with two attached hydrogens (primary N) is 1. The first kappa shape index (κ1) is 23.9. The lowest BCUT2D eigenvalue weighted by molar-refractivity contribution is 0.0527. The van der Waals surface area contributed by atoms with E-state index in [1.165, 1.54) is 36.4 Å². The summed E-state index contributed by atoms with van der Waals surface area (Å²) >= 11 is 23.9. The number of nitrogen functional groups attached to an aromatic ring is 1. The Morgan fingerprint density at radius 1 is 0.938 bits per heavy atom. The molecule has 1 amide bonds. The van der Waals surface area contributed by atoms with Crippen molar-refractivity contribution < 1.29 is 14.3 Å². The molecule has 32 heavy (non-hydrogen) atoms. The van der Waals surface area contributed by atoms with Gasteiger partial charge in [-0.25, -0.2) is 4.79 Å². The van der Waals surface area contributed by atoms with Crippen LogP contribution in [-0.4, -0.2) is 23.1 Å². The summed E-state index contributed by atoms with van der Waals surface area (Å²) in [6.45, 7) is 1.68. The average Bonchev–Trinajstić information content (AvgIpc) is 2.73. The highest BCUT2D eigenvalue weighted by Gasteiger charge is 2.24. The maximum Gasteiger partial charge on any atom is 0.341 e. The molecule has 0 fully saturated rings. The van der Waals surface area contributed by atoms with Gasteiger partial charge in [0.2, 0.25) is 0 Å². The first-order chi connectivity index (χ1) is 15.1. The van der Waals surface area contributed by atoms with E-state index in [4.69, 9.17) is 56.9 Å². The molecule has 0 spiro atoms. The number of rotatable bonds is 5. The molecular weight excluding hydrogens is 500 g/mol. The van der Waals surface area contributed by atoms with Crippen molar-refractivity contribution in [2.75, 3.05) is 17.7 Å². The number of ether oxygens (including phenoxy) is 1. The smallest absolute Gasteiger partial charge is 0.341 e. The van der Waals surface area contributed by atoms with Crippen molar-refractivity contribution in [3.63, 3.8) is 0 Å². The van der Waals surface area contributed by atoms with Gasteiger partial charge in [0.25, 0.3) is 11.5 Å². The number of aromatic nitrogens is 1. The van der Waals surface area contributed by atoms with Gasteiger partial charge in [-0.2, -0.15) is 0 Å². The third-order valence-electron chi connectivity index (χ3n) is 4.32. The van der Waals surface area contributed by atoms with Gasteiger partial charge in [0, 0.05) is 5.69 Å². The molecule has 0 bridgehead atoms. The number of anilines is 2. The van der Waals surface area contributed by atoms with Crippen LogP contribution in [0.2, 0.25) is 20.1 Å². The van der Waals surface area contributed by atoms with Crippen LogP contribution in [0.25, 0.3) is 5.69 Å². The highest BCUT2D eigenvalue weighted by Crippen LogP contribution is 2.27. The summed E-state index contributed by atoms with van der Waals surface area (Å²) in [6.07, 6.45) is 0. The molecule has 0 aliphatic heterocycles. The molecule has 1 heterocycles. The number of hydrogen-bond donors (Lipinski definition) is 2. The van der Waals surface area contributed by atoms with Gasteiger partial charge in [0.05, 0.1) is 32.4 Å². The Kier molecular flexibility index (Phi) is 7.36. The molecule has 3 aromatic rings. The Morgan fingerprint density at radius 2 is 1.56 bits per heavy atom. The van der Waals surface area contributed by atoms with E-state index >= 15 is 0 Å². The fraction of sp³-hybridized carbons (Fsp3) is 0.0952. The molecule has 0 atom stereocenters. The fourth-order valence-corrected chi connectivity index (χ4v) is 3.41. The second-order valence-electron chi connectivity index (χ2n) is 6.40. The van der Waals surface area contributed by atoms with Gasteiger partial charge in [-0.3, -0.25) is 14.2 Å². The molecule has 166 valence electrons. The topological polar surface area (TPSA) is 103 Å². The highest BCUT2D eigenvalue weighted by molar-refractivity contribution is 6.42. The van der Waals surface area contributed by atoms with Crippen molar-refractivity contribution in [1.29, 1.82) is 0 Å². The fourth-order valence-electron chi connectivity index (χ4n) is 2.82. The molecule has 1 aromatic heterocycles. The lowest BCUT2D eigenvalue weighted by Gasteiger charge is -2.16. The van der Waals surface area contributed by atoms with E-state index in [9.17, 15) is 14.4 Å². The normalized spacial score (nSPS) is 10.7. The molecule has 0 radical (unpaired) electrons. The van der Waals surface area contributed by atoms with Gasteiger partial charge < -0.3 is 15.8 Å². The summed E-state index contributed by atoms with van der Waals surface area (Å²) in [6, 6.07) is 9.81. The molecule has 0 unspecified atom stereocenters. The standard InChI is InChI=1S/C21H15Cl4N3O4/c1-2-32-21(31)12-9-13(19(29)27-10-3-5-14(22)16(24)7-10)20(30)28(18(12)26)11-4-6-15(23)17(25)8-11/h3-9H,2,26H2,1H3,(H,27,29). The summed E-state index contributed by atoms with van der Waals surface area (Å²) in [5.41, 5.74) is 5.30. The van der Waals surface area contributed by atoms with Crippen LogP contribution < -0.4 is 16.6 Å². The van der Waals surface area contributed by atoms with E-state index in [1.54, 1.807) is 6.92 Å². The molecule has 11 heteroatoms. The maximum atomic E-state index is 13.2. The number of hydrogen-bond acceptors (Lipinski definition) is 5. The Bertz CT molecular complexity index is 1290. The van der Waals surface area contributed by atoms with E-state index in [-0.39, 0.29) is 44.3 Å². The summed E-state index contributed by atoms with van der Waals surface area (Å²) in [4.78, 5) is 38.6. The minimum absolute atomic E-state index is 0.0645. The monoisotopic (exact) mass is 513 g/mol. The Morgan fingerprint density at radius 3 is 2.16 bits per heavy atom. The first-order valence-corrected chi connectivity index (χ1v) is 10.6. The third kappa shape index (κ3) is 4.86. The maximum absolute atomic E-state index is 13.2. The Hall–Kier alpha value is -2.71. The molecule has 7 nitrogen and oxygen atoms in total. The number of benzene rings is 2. The SMILES string of the molecule is CCOC(=O)c1cc(C(=O)Nc2ccc(Cl)c(Cl)c2)c(=O)n(-c2ccc(Cl)c(Cl)c2)c1N. The molecular formula is C21H15Cl4N3O4. The lowest BCUT2D eigenvalue weighted by Crippen LogP contribution is -2.32. The molecule has 2 aromatic carbocycles. The predicted molar refractivity (Wildman–Crippen MR) is 127 cm³/mol. The van der Waals surface area contributed by atoms with Gasteiger partial charge in [-0.05, 0) is 49.4 Å². The van der Waals surface area contributed by atoms with Crippen LogP contribution in [0.1, 0.15) is 27.6 Å². The van der Waals surface area contributed by atoms with E-state index in [0.717, 1.165) is 10.6 Å². The third-order valence-corrected chi connectivity index (χ3v) is 5.80. The van der Waals surface area contributed by atoms with Crippen molar-refractivity contribution in [3.8, 4) is 5.69 Å². The van der Waals surface area contributed by atoms with E-state index < -0.39 is 17.4 Å². The van der Waals surface area contributed by atoms with Crippen LogP contribution in [0.4, 0.5) is 11.5 Å². The number of nitrogens with zero attached hydrogens (tertiary/aromatic N) is 1. The minimum atomic E-state index is -0.803. The van der Waals surface area contributed by atoms with Crippen molar-refractivity contribution in [3.05, 3.63) is 84.0 Å². The zero-order valence-electron chi connectivity index (χ0n) is 16.4. The minimum Gasteiger partial charge on any atom is -0.462 e. The first-order valence-electron chi connectivity index (χ1n) is 9.08. The number of halogens is 4. The summed E-state index contributed by atoms with van der Waals surface area (Å²) in [7, 11) is 0. The Labute approximate surface area is 202 Å². The summed E-state index contributed by atoms with van der Waals surface area (Å²) in [5.74, 6) is -1.83.